The summed E-state index contributed by atoms with van der Waals surface area (Å²) in [5.74, 6) is 0.633. The van der Waals surface area contributed by atoms with Crippen molar-refractivity contribution in [2.45, 2.75) is 13.5 Å². The number of rotatable bonds is 6. The zero-order valence-electron chi connectivity index (χ0n) is 16.1. The Balaban J connectivity index is 1.40. The van der Waals surface area contributed by atoms with Crippen molar-refractivity contribution in [1.29, 1.82) is 0 Å². The highest BCUT2D eigenvalue weighted by molar-refractivity contribution is 6.04. The second-order valence-corrected chi connectivity index (χ2v) is 6.55. The summed E-state index contributed by atoms with van der Waals surface area (Å²) in [6.45, 7) is 1.91. The highest BCUT2D eigenvalue weighted by atomic mass is 19.1. The number of anilines is 1. The molecule has 4 aromatic rings. The largest absolute Gasteiger partial charge is 0.489 e. The monoisotopic (exact) mass is 403 g/mol. The van der Waals surface area contributed by atoms with E-state index in [9.17, 15) is 9.18 Å². The van der Waals surface area contributed by atoms with Crippen LogP contribution in [0, 0.1) is 12.7 Å². The van der Waals surface area contributed by atoms with Crippen molar-refractivity contribution in [2.75, 3.05) is 5.32 Å². The number of ether oxygens (including phenoxy) is 1. The minimum Gasteiger partial charge on any atom is -0.489 e. The predicted molar refractivity (Wildman–Crippen MR) is 109 cm³/mol. The number of nitrogens with zero attached hydrogens (tertiary/aromatic N) is 4. The van der Waals surface area contributed by atoms with Crippen LogP contribution in [0.2, 0.25) is 0 Å². The molecule has 0 bridgehead atoms. The Kier molecular flexibility index (Phi) is 5.47. The van der Waals surface area contributed by atoms with Crippen LogP contribution in [-0.4, -0.2) is 26.1 Å². The Labute approximate surface area is 172 Å². The van der Waals surface area contributed by atoms with E-state index in [0.717, 1.165) is 0 Å². The zero-order chi connectivity index (χ0) is 20.9. The highest BCUT2D eigenvalue weighted by Crippen LogP contribution is 2.19. The molecule has 0 unspecified atom stereocenters. The molecule has 0 aliphatic rings. The molecule has 0 aliphatic carbocycles. The number of nitrogens with one attached hydrogen (secondary N) is 1. The molecule has 1 amide bonds. The number of amides is 1. The van der Waals surface area contributed by atoms with E-state index in [2.05, 4.69) is 20.8 Å². The molecule has 150 valence electrons. The van der Waals surface area contributed by atoms with Crippen LogP contribution in [0.25, 0.3) is 5.69 Å². The lowest BCUT2D eigenvalue weighted by atomic mass is 10.2. The van der Waals surface area contributed by atoms with Crippen LogP contribution in [0.4, 0.5) is 10.1 Å². The summed E-state index contributed by atoms with van der Waals surface area (Å²) < 4.78 is 20.8. The molecule has 1 aromatic heterocycles. The van der Waals surface area contributed by atoms with Crippen molar-refractivity contribution in [1.82, 2.24) is 20.2 Å². The van der Waals surface area contributed by atoms with Crippen molar-refractivity contribution in [3.63, 3.8) is 0 Å². The van der Waals surface area contributed by atoms with E-state index < -0.39 is 0 Å². The van der Waals surface area contributed by atoms with E-state index in [1.165, 1.54) is 6.07 Å². The molecule has 0 radical (unpaired) electrons. The number of aryl methyl sites for hydroxylation is 1. The number of hydrogen-bond donors (Lipinski definition) is 1. The molecular formula is C22H18FN5O2. The zero-order valence-corrected chi connectivity index (χ0v) is 16.1. The van der Waals surface area contributed by atoms with Gasteiger partial charge in [-0.2, -0.15) is 4.68 Å². The van der Waals surface area contributed by atoms with Gasteiger partial charge in [-0.1, -0.05) is 24.3 Å². The van der Waals surface area contributed by atoms with Crippen LogP contribution in [0.1, 0.15) is 21.7 Å². The van der Waals surface area contributed by atoms with Crippen LogP contribution in [0.15, 0.2) is 72.8 Å². The molecule has 0 spiro atoms. The maximum absolute atomic E-state index is 13.7. The first-order valence-corrected chi connectivity index (χ1v) is 9.23. The molecule has 0 saturated carbocycles. The number of hydrogen-bond acceptors (Lipinski definition) is 5. The fourth-order valence-corrected chi connectivity index (χ4v) is 2.86. The van der Waals surface area contributed by atoms with Gasteiger partial charge in [0.1, 0.15) is 18.2 Å². The van der Waals surface area contributed by atoms with Gasteiger partial charge in [-0.3, -0.25) is 4.79 Å². The van der Waals surface area contributed by atoms with E-state index in [4.69, 9.17) is 4.74 Å². The molecule has 7 nitrogen and oxygen atoms in total. The first kappa shape index (κ1) is 19.3. The molecular weight excluding hydrogens is 385 g/mol. The molecule has 0 atom stereocenters. The van der Waals surface area contributed by atoms with Crippen molar-refractivity contribution < 1.29 is 13.9 Å². The summed E-state index contributed by atoms with van der Waals surface area (Å²) in [7, 11) is 0. The fourth-order valence-electron chi connectivity index (χ4n) is 2.86. The van der Waals surface area contributed by atoms with Crippen molar-refractivity contribution in [3.8, 4) is 11.4 Å². The van der Waals surface area contributed by atoms with Gasteiger partial charge >= 0.3 is 0 Å². The lowest BCUT2D eigenvalue weighted by Gasteiger charge is -2.10. The number of benzene rings is 3. The van der Waals surface area contributed by atoms with Gasteiger partial charge in [-0.25, -0.2) is 4.39 Å². The molecule has 4 rings (SSSR count). The van der Waals surface area contributed by atoms with Crippen LogP contribution in [0.5, 0.6) is 5.75 Å². The number of carbonyl (C=O) groups excluding carboxylic acids is 1. The van der Waals surface area contributed by atoms with Gasteiger partial charge in [0, 0.05) is 16.8 Å². The van der Waals surface area contributed by atoms with Gasteiger partial charge in [0.05, 0.1) is 5.69 Å². The summed E-state index contributed by atoms with van der Waals surface area (Å²) in [6.07, 6.45) is 0. The molecule has 30 heavy (non-hydrogen) atoms. The van der Waals surface area contributed by atoms with Crippen LogP contribution in [0.3, 0.4) is 0 Å². The SMILES string of the molecule is Cc1nnnn1-c1cccc(C(=O)Nc2ccc(OCc3ccccc3F)cc2)c1. The minimum atomic E-state index is -0.305. The molecule has 1 N–H and O–H groups in total. The van der Waals surface area contributed by atoms with Crippen LogP contribution in [-0.2, 0) is 6.61 Å². The minimum absolute atomic E-state index is 0.127. The van der Waals surface area contributed by atoms with E-state index in [1.807, 2.05) is 6.07 Å². The molecule has 0 fully saturated rings. The Morgan fingerprint density at radius 1 is 1.07 bits per heavy atom. The maximum atomic E-state index is 13.7. The summed E-state index contributed by atoms with van der Waals surface area (Å²) in [4.78, 5) is 12.6. The Hall–Kier alpha value is -4.07. The van der Waals surface area contributed by atoms with Crippen molar-refractivity contribution in [2.24, 2.45) is 0 Å². The van der Waals surface area contributed by atoms with E-state index in [-0.39, 0.29) is 18.3 Å². The molecule has 0 saturated heterocycles. The second kappa shape index (κ2) is 8.52. The van der Waals surface area contributed by atoms with Crippen LogP contribution < -0.4 is 10.1 Å². The second-order valence-electron chi connectivity index (χ2n) is 6.55. The molecule has 1 heterocycles. The Bertz CT molecular complexity index is 1170. The summed E-state index contributed by atoms with van der Waals surface area (Å²) in [5, 5.41) is 14.2. The third kappa shape index (κ3) is 4.33. The van der Waals surface area contributed by atoms with Gasteiger partial charge in [0.2, 0.25) is 0 Å². The normalized spacial score (nSPS) is 10.6. The highest BCUT2D eigenvalue weighted by Gasteiger charge is 2.10. The summed E-state index contributed by atoms with van der Waals surface area (Å²) >= 11 is 0. The van der Waals surface area contributed by atoms with Crippen molar-refractivity contribution in [3.05, 3.63) is 95.6 Å². The van der Waals surface area contributed by atoms with Gasteiger partial charge in [0.25, 0.3) is 5.91 Å². The quantitative estimate of drug-likeness (QED) is 0.527. The standard InChI is InChI=1S/C22H18FN5O2/c1-15-25-26-27-28(15)19-7-4-6-16(13-19)22(29)24-18-9-11-20(12-10-18)30-14-17-5-2-3-8-21(17)23/h2-13H,14H2,1H3,(H,24,29). The first-order valence-electron chi connectivity index (χ1n) is 9.23. The summed E-state index contributed by atoms with van der Waals surface area (Å²) in [5.41, 5.74) is 2.26. The van der Waals surface area contributed by atoms with Gasteiger partial charge in [-0.05, 0) is 65.9 Å². The number of aromatic nitrogens is 4. The van der Waals surface area contributed by atoms with Gasteiger partial charge in [-0.15, -0.1) is 5.10 Å². The molecule has 3 aromatic carbocycles. The lowest BCUT2D eigenvalue weighted by molar-refractivity contribution is 0.102. The Morgan fingerprint density at radius 3 is 2.60 bits per heavy atom. The third-order valence-corrected chi connectivity index (χ3v) is 4.44. The predicted octanol–water partition coefficient (Wildman–Crippen LogP) is 3.94. The maximum Gasteiger partial charge on any atom is 0.255 e. The topological polar surface area (TPSA) is 81.9 Å². The lowest BCUT2D eigenvalue weighted by Crippen LogP contribution is -2.12. The summed E-state index contributed by atoms with van der Waals surface area (Å²) in [6, 6.07) is 20.4. The van der Waals surface area contributed by atoms with Crippen molar-refractivity contribution >= 4 is 11.6 Å². The average Bonchev–Trinajstić information content (AvgIpc) is 3.20. The molecule has 0 aliphatic heterocycles. The third-order valence-electron chi connectivity index (χ3n) is 4.44. The number of tetrazole rings is 1. The van der Waals surface area contributed by atoms with E-state index >= 15 is 0 Å². The average molecular weight is 403 g/mol. The van der Waals surface area contributed by atoms with E-state index in [0.29, 0.717) is 34.1 Å². The number of halogens is 1. The smallest absolute Gasteiger partial charge is 0.255 e. The van der Waals surface area contributed by atoms with Gasteiger partial charge < -0.3 is 10.1 Å². The fraction of sp³-hybridized carbons (Fsp3) is 0.0909. The first-order chi connectivity index (χ1) is 14.6. The van der Waals surface area contributed by atoms with Crippen LogP contribution >= 0.6 is 0 Å². The van der Waals surface area contributed by atoms with E-state index in [1.54, 1.807) is 72.3 Å². The molecule has 8 heteroatoms. The number of carbonyl (C=O) groups is 1. The van der Waals surface area contributed by atoms with Gasteiger partial charge in [0.15, 0.2) is 5.82 Å². The Morgan fingerprint density at radius 2 is 1.87 bits per heavy atom.